The average molecular weight is 274 g/mol. The first kappa shape index (κ1) is 14.4. The van der Waals surface area contributed by atoms with Crippen LogP contribution in [0.25, 0.3) is 11.0 Å². The van der Waals surface area contributed by atoms with Crippen molar-refractivity contribution in [2.45, 2.75) is 40.2 Å². The van der Waals surface area contributed by atoms with E-state index in [1.54, 1.807) is 0 Å². The summed E-state index contributed by atoms with van der Waals surface area (Å²) in [6, 6.07) is 8.13. The van der Waals surface area contributed by atoms with Gasteiger partial charge in [0.05, 0.1) is 11.0 Å². The summed E-state index contributed by atoms with van der Waals surface area (Å²) in [4.78, 5) is 4.65. The molecule has 0 bridgehead atoms. The number of amidine groups is 1. The lowest BCUT2D eigenvalue weighted by atomic mass is 9.88. The van der Waals surface area contributed by atoms with Gasteiger partial charge in [-0.2, -0.15) is 0 Å². The number of hydrogen-bond donors (Lipinski definition) is 2. The molecular weight excluding hydrogens is 252 g/mol. The number of nitrogens with zero attached hydrogens (tertiary/aromatic N) is 3. The van der Waals surface area contributed by atoms with Crippen LogP contribution in [0.3, 0.4) is 0 Å². The SMILES string of the molecule is CCc1nc2ccccc2n1CCC(C)(C)C(N)=NO. The number of aromatic nitrogens is 2. The average Bonchev–Trinajstić information content (AvgIpc) is 2.82. The summed E-state index contributed by atoms with van der Waals surface area (Å²) in [5, 5.41) is 12.0. The number of para-hydroxylation sites is 2. The zero-order chi connectivity index (χ0) is 14.8. The zero-order valence-electron chi connectivity index (χ0n) is 12.3. The van der Waals surface area contributed by atoms with Crippen LogP contribution in [0.4, 0.5) is 0 Å². The summed E-state index contributed by atoms with van der Waals surface area (Å²) < 4.78 is 2.22. The fourth-order valence-electron chi connectivity index (χ4n) is 2.30. The Morgan fingerprint density at radius 1 is 1.40 bits per heavy atom. The molecule has 0 radical (unpaired) electrons. The number of oxime groups is 1. The highest BCUT2D eigenvalue weighted by Crippen LogP contribution is 2.24. The van der Waals surface area contributed by atoms with Crippen LogP contribution in [0.2, 0.25) is 0 Å². The minimum Gasteiger partial charge on any atom is -0.409 e. The van der Waals surface area contributed by atoms with Gasteiger partial charge in [-0.1, -0.05) is 38.1 Å². The number of aryl methyl sites for hydroxylation is 2. The number of rotatable bonds is 5. The van der Waals surface area contributed by atoms with Crippen molar-refractivity contribution in [3.05, 3.63) is 30.1 Å². The minimum absolute atomic E-state index is 0.264. The topological polar surface area (TPSA) is 76.4 Å². The third kappa shape index (κ3) is 2.61. The van der Waals surface area contributed by atoms with Crippen molar-refractivity contribution in [1.29, 1.82) is 0 Å². The van der Waals surface area contributed by atoms with Crippen LogP contribution in [-0.2, 0) is 13.0 Å². The van der Waals surface area contributed by atoms with Gasteiger partial charge in [0.2, 0.25) is 0 Å². The Morgan fingerprint density at radius 2 is 2.10 bits per heavy atom. The van der Waals surface area contributed by atoms with Crippen molar-refractivity contribution in [2.75, 3.05) is 0 Å². The van der Waals surface area contributed by atoms with Crippen LogP contribution >= 0.6 is 0 Å². The van der Waals surface area contributed by atoms with Crippen molar-refractivity contribution >= 4 is 16.9 Å². The number of hydrogen-bond acceptors (Lipinski definition) is 3. The summed E-state index contributed by atoms with van der Waals surface area (Å²) >= 11 is 0. The van der Waals surface area contributed by atoms with Gasteiger partial charge in [0.15, 0.2) is 0 Å². The number of nitrogens with two attached hydrogens (primary N) is 1. The van der Waals surface area contributed by atoms with Gasteiger partial charge in [0, 0.05) is 18.4 Å². The molecule has 0 saturated heterocycles. The van der Waals surface area contributed by atoms with Crippen LogP contribution in [0.1, 0.15) is 33.0 Å². The van der Waals surface area contributed by atoms with Crippen molar-refractivity contribution in [2.24, 2.45) is 16.3 Å². The number of imidazole rings is 1. The lowest BCUT2D eigenvalue weighted by Crippen LogP contribution is -2.33. The molecule has 1 heterocycles. The molecule has 0 aliphatic rings. The van der Waals surface area contributed by atoms with Gasteiger partial charge in [-0.25, -0.2) is 4.98 Å². The highest BCUT2D eigenvalue weighted by Gasteiger charge is 2.24. The fourth-order valence-corrected chi connectivity index (χ4v) is 2.30. The Bertz CT molecular complexity index is 628. The van der Waals surface area contributed by atoms with Gasteiger partial charge in [-0.15, -0.1) is 0 Å². The summed E-state index contributed by atoms with van der Waals surface area (Å²) in [6.45, 7) is 6.86. The monoisotopic (exact) mass is 274 g/mol. The highest BCUT2D eigenvalue weighted by atomic mass is 16.4. The molecule has 5 heteroatoms. The maximum absolute atomic E-state index is 8.84. The smallest absolute Gasteiger partial charge is 0.144 e. The molecule has 3 N–H and O–H groups in total. The Morgan fingerprint density at radius 3 is 2.75 bits per heavy atom. The largest absolute Gasteiger partial charge is 0.409 e. The molecule has 108 valence electrons. The van der Waals surface area contributed by atoms with Crippen LogP contribution in [0.15, 0.2) is 29.4 Å². The molecule has 0 aliphatic heterocycles. The van der Waals surface area contributed by atoms with E-state index in [9.17, 15) is 0 Å². The van der Waals surface area contributed by atoms with Crippen molar-refractivity contribution in [3.8, 4) is 0 Å². The minimum atomic E-state index is -0.342. The van der Waals surface area contributed by atoms with Crippen molar-refractivity contribution < 1.29 is 5.21 Å². The predicted octanol–water partition coefficient (Wildman–Crippen LogP) is 2.76. The fraction of sp³-hybridized carbons (Fsp3) is 0.467. The summed E-state index contributed by atoms with van der Waals surface area (Å²) in [7, 11) is 0. The molecule has 2 aromatic rings. The molecule has 2 rings (SSSR count). The van der Waals surface area contributed by atoms with E-state index in [-0.39, 0.29) is 11.3 Å². The molecule has 0 spiro atoms. The van der Waals surface area contributed by atoms with Gasteiger partial charge in [0.1, 0.15) is 11.7 Å². The van der Waals surface area contributed by atoms with E-state index in [0.29, 0.717) is 0 Å². The van der Waals surface area contributed by atoms with Crippen LogP contribution in [0.5, 0.6) is 0 Å². The van der Waals surface area contributed by atoms with E-state index in [1.165, 1.54) is 0 Å². The Kier molecular flexibility index (Phi) is 3.97. The molecule has 0 fully saturated rings. The third-order valence-corrected chi connectivity index (χ3v) is 3.81. The molecule has 0 atom stereocenters. The lowest BCUT2D eigenvalue weighted by Gasteiger charge is -2.23. The molecule has 20 heavy (non-hydrogen) atoms. The van der Waals surface area contributed by atoms with Crippen LogP contribution in [0, 0.1) is 5.41 Å². The standard InChI is InChI=1S/C15H22N4O/c1-4-13-17-11-7-5-6-8-12(11)19(13)10-9-15(2,3)14(16)18-20/h5-8,20H,4,9-10H2,1-3H3,(H2,16,18). The Labute approximate surface area is 119 Å². The second-order valence-electron chi connectivity index (χ2n) is 5.64. The quantitative estimate of drug-likeness (QED) is 0.381. The van der Waals surface area contributed by atoms with Gasteiger partial charge in [-0.3, -0.25) is 0 Å². The Balaban J connectivity index is 2.30. The number of benzene rings is 1. The molecule has 0 saturated carbocycles. The predicted molar refractivity (Wildman–Crippen MR) is 80.9 cm³/mol. The maximum atomic E-state index is 8.84. The molecule has 0 unspecified atom stereocenters. The van der Waals surface area contributed by atoms with E-state index in [1.807, 2.05) is 32.0 Å². The normalized spacial score (nSPS) is 13.1. The zero-order valence-corrected chi connectivity index (χ0v) is 12.3. The summed E-state index contributed by atoms with van der Waals surface area (Å²) in [5.74, 6) is 1.33. The number of fused-ring (bicyclic) bond motifs is 1. The van der Waals surface area contributed by atoms with Gasteiger partial charge < -0.3 is 15.5 Å². The second kappa shape index (κ2) is 5.53. The lowest BCUT2D eigenvalue weighted by molar-refractivity contribution is 0.303. The van der Waals surface area contributed by atoms with Gasteiger partial charge in [0.25, 0.3) is 0 Å². The molecule has 1 aromatic carbocycles. The maximum Gasteiger partial charge on any atom is 0.144 e. The molecule has 0 amide bonds. The van der Waals surface area contributed by atoms with E-state index < -0.39 is 0 Å². The summed E-state index contributed by atoms with van der Waals surface area (Å²) in [5.41, 5.74) is 7.56. The highest BCUT2D eigenvalue weighted by molar-refractivity contribution is 5.85. The van der Waals surface area contributed by atoms with Crippen LogP contribution < -0.4 is 5.73 Å². The second-order valence-corrected chi connectivity index (χ2v) is 5.64. The Hall–Kier alpha value is -2.04. The van der Waals surface area contributed by atoms with Crippen molar-refractivity contribution in [3.63, 3.8) is 0 Å². The van der Waals surface area contributed by atoms with E-state index >= 15 is 0 Å². The molecule has 1 aromatic heterocycles. The van der Waals surface area contributed by atoms with E-state index in [4.69, 9.17) is 10.9 Å². The first-order chi connectivity index (χ1) is 9.49. The van der Waals surface area contributed by atoms with Crippen LogP contribution in [-0.4, -0.2) is 20.6 Å². The van der Waals surface area contributed by atoms with E-state index in [2.05, 4.69) is 27.7 Å². The third-order valence-electron chi connectivity index (χ3n) is 3.81. The first-order valence-corrected chi connectivity index (χ1v) is 6.91. The summed E-state index contributed by atoms with van der Waals surface area (Å²) in [6.07, 6.45) is 1.68. The van der Waals surface area contributed by atoms with Gasteiger partial charge >= 0.3 is 0 Å². The molecule has 5 nitrogen and oxygen atoms in total. The van der Waals surface area contributed by atoms with Gasteiger partial charge in [-0.05, 0) is 18.6 Å². The molecule has 0 aliphatic carbocycles. The molecular formula is C15H22N4O. The first-order valence-electron chi connectivity index (χ1n) is 6.91. The van der Waals surface area contributed by atoms with Crippen molar-refractivity contribution in [1.82, 2.24) is 9.55 Å². The van der Waals surface area contributed by atoms with E-state index in [0.717, 1.165) is 36.2 Å².